The highest BCUT2D eigenvalue weighted by atomic mass is 19.1. The molecular formula is C17H23FN2O2. The number of halogens is 1. The highest BCUT2D eigenvalue weighted by Crippen LogP contribution is 2.32. The summed E-state index contributed by atoms with van der Waals surface area (Å²) in [7, 11) is 2.11. The smallest absolute Gasteiger partial charge is 0.227 e. The molecule has 0 saturated carbocycles. The van der Waals surface area contributed by atoms with E-state index in [0.29, 0.717) is 13.2 Å². The van der Waals surface area contributed by atoms with Crippen molar-refractivity contribution in [3.63, 3.8) is 0 Å². The van der Waals surface area contributed by atoms with Crippen molar-refractivity contribution in [2.45, 2.75) is 12.8 Å². The summed E-state index contributed by atoms with van der Waals surface area (Å²) in [6, 6.07) is 6.29. The van der Waals surface area contributed by atoms with E-state index >= 15 is 0 Å². The van der Waals surface area contributed by atoms with Crippen molar-refractivity contribution in [3.05, 3.63) is 35.6 Å². The number of likely N-dealkylation sites (tertiary alicyclic amines) is 1. The van der Waals surface area contributed by atoms with Crippen LogP contribution in [-0.2, 0) is 16.0 Å². The zero-order valence-electron chi connectivity index (χ0n) is 13.1. The summed E-state index contributed by atoms with van der Waals surface area (Å²) >= 11 is 0. The Morgan fingerprint density at radius 1 is 1.36 bits per heavy atom. The van der Waals surface area contributed by atoms with E-state index in [1.54, 1.807) is 12.1 Å². The van der Waals surface area contributed by atoms with E-state index < -0.39 is 0 Å². The second-order valence-electron chi connectivity index (χ2n) is 6.66. The van der Waals surface area contributed by atoms with Gasteiger partial charge in [0.25, 0.3) is 0 Å². The minimum absolute atomic E-state index is 0.0584. The van der Waals surface area contributed by atoms with Crippen LogP contribution in [0.25, 0.3) is 0 Å². The Morgan fingerprint density at radius 3 is 2.95 bits per heavy atom. The number of nitrogens with zero attached hydrogens (tertiary/aromatic N) is 2. The summed E-state index contributed by atoms with van der Waals surface area (Å²) in [6.45, 7) is 4.69. The van der Waals surface area contributed by atoms with Crippen LogP contribution in [0.5, 0.6) is 0 Å². The van der Waals surface area contributed by atoms with Gasteiger partial charge in [-0.05, 0) is 37.7 Å². The Balaban J connectivity index is 1.68. The Morgan fingerprint density at radius 2 is 2.23 bits per heavy atom. The van der Waals surface area contributed by atoms with Gasteiger partial charge in [0.1, 0.15) is 5.82 Å². The number of carbonyl (C=O) groups excluding carboxylic acids is 1. The number of rotatable bonds is 2. The van der Waals surface area contributed by atoms with Crippen molar-refractivity contribution in [2.24, 2.45) is 5.41 Å². The van der Waals surface area contributed by atoms with E-state index in [-0.39, 0.29) is 23.6 Å². The van der Waals surface area contributed by atoms with E-state index in [1.807, 2.05) is 4.90 Å². The van der Waals surface area contributed by atoms with Crippen molar-refractivity contribution in [1.82, 2.24) is 9.80 Å². The molecule has 22 heavy (non-hydrogen) atoms. The fourth-order valence-electron chi connectivity index (χ4n) is 3.54. The molecule has 0 radical (unpaired) electrons. The maximum atomic E-state index is 13.3. The van der Waals surface area contributed by atoms with Crippen LogP contribution in [-0.4, -0.2) is 62.1 Å². The van der Waals surface area contributed by atoms with Crippen molar-refractivity contribution in [2.75, 3.05) is 46.4 Å². The van der Waals surface area contributed by atoms with Gasteiger partial charge in [0.05, 0.1) is 19.6 Å². The van der Waals surface area contributed by atoms with Crippen molar-refractivity contribution < 1.29 is 13.9 Å². The molecule has 0 aliphatic carbocycles. The molecule has 1 amide bonds. The molecule has 4 nitrogen and oxygen atoms in total. The molecule has 2 saturated heterocycles. The first kappa shape index (κ1) is 15.4. The van der Waals surface area contributed by atoms with Crippen LogP contribution < -0.4 is 0 Å². The molecule has 1 aromatic rings. The zero-order chi connectivity index (χ0) is 15.6. The summed E-state index contributed by atoms with van der Waals surface area (Å²) in [4.78, 5) is 16.8. The van der Waals surface area contributed by atoms with Gasteiger partial charge in [-0.3, -0.25) is 4.79 Å². The van der Waals surface area contributed by atoms with Gasteiger partial charge < -0.3 is 14.5 Å². The normalized spacial score (nSPS) is 26.4. The average Bonchev–Trinajstić information content (AvgIpc) is 2.70. The second-order valence-corrected chi connectivity index (χ2v) is 6.66. The molecular weight excluding hydrogens is 283 g/mol. The van der Waals surface area contributed by atoms with Crippen LogP contribution in [0.3, 0.4) is 0 Å². The first-order valence-electron chi connectivity index (χ1n) is 7.85. The number of benzene rings is 1. The van der Waals surface area contributed by atoms with Crippen LogP contribution in [0.4, 0.5) is 4.39 Å². The van der Waals surface area contributed by atoms with Gasteiger partial charge in [0, 0.05) is 25.0 Å². The molecule has 2 aliphatic heterocycles. The summed E-state index contributed by atoms with van der Waals surface area (Å²) in [5.74, 6) is -0.233. The number of hydrogen-bond donors (Lipinski definition) is 0. The van der Waals surface area contributed by atoms with Crippen LogP contribution in [0.15, 0.2) is 24.3 Å². The molecule has 2 fully saturated rings. The maximum absolute atomic E-state index is 13.3. The van der Waals surface area contributed by atoms with Crippen molar-refractivity contribution in [3.8, 4) is 0 Å². The van der Waals surface area contributed by atoms with Gasteiger partial charge in [-0.1, -0.05) is 12.1 Å². The van der Waals surface area contributed by atoms with E-state index in [4.69, 9.17) is 4.74 Å². The maximum Gasteiger partial charge on any atom is 0.227 e. The second kappa shape index (κ2) is 6.34. The largest absolute Gasteiger partial charge is 0.379 e. The number of ether oxygens (including phenoxy) is 1. The average molecular weight is 306 g/mol. The number of amides is 1. The van der Waals surface area contributed by atoms with Crippen molar-refractivity contribution >= 4 is 5.91 Å². The molecule has 2 heterocycles. The lowest BCUT2D eigenvalue weighted by Crippen LogP contribution is -2.43. The number of carbonyl (C=O) groups is 1. The fraction of sp³-hybridized carbons (Fsp3) is 0.588. The van der Waals surface area contributed by atoms with E-state index in [1.165, 1.54) is 12.1 Å². The standard InChI is InChI=1S/C17H23FN2O2/c1-19-6-5-17(11-19)12-20(7-8-22-13-17)16(21)10-14-3-2-4-15(18)9-14/h2-4,9H,5-8,10-13H2,1H3/t17-/m1/s1. The van der Waals surface area contributed by atoms with Crippen LogP contribution in [0, 0.1) is 11.2 Å². The molecule has 3 rings (SSSR count). The SMILES string of the molecule is CN1CC[C@@]2(COCCN(C(=O)Cc3cccc(F)c3)C2)C1. The summed E-state index contributed by atoms with van der Waals surface area (Å²) in [5.41, 5.74) is 0.788. The Labute approximate surface area is 130 Å². The predicted octanol–water partition coefficient (Wildman–Crippen LogP) is 1.55. The third-order valence-electron chi connectivity index (χ3n) is 4.67. The topological polar surface area (TPSA) is 32.8 Å². The minimum Gasteiger partial charge on any atom is -0.379 e. The zero-order valence-corrected chi connectivity index (χ0v) is 13.1. The quantitative estimate of drug-likeness (QED) is 0.831. The summed E-state index contributed by atoms with van der Waals surface area (Å²) in [5, 5.41) is 0. The first-order valence-corrected chi connectivity index (χ1v) is 7.85. The predicted molar refractivity (Wildman–Crippen MR) is 82.1 cm³/mol. The molecule has 1 atom stereocenters. The molecule has 0 aromatic heterocycles. The first-order chi connectivity index (χ1) is 10.6. The lowest BCUT2D eigenvalue weighted by atomic mass is 9.87. The van der Waals surface area contributed by atoms with Crippen LogP contribution >= 0.6 is 0 Å². The molecule has 0 unspecified atom stereocenters. The lowest BCUT2D eigenvalue weighted by molar-refractivity contribution is -0.131. The minimum atomic E-state index is -0.293. The number of hydrogen-bond acceptors (Lipinski definition) is 3. The molecule has 0 bridgehead atoms. The van der Waals surface area contributed by atoms with Crippen molar-refractivity contribution in [1.29, 1.82) is 0 Å². The van der Waals surface area contributed by atoms with E-state index in [9.17, 15) is 9.18 Å². The molecule has 120 valence electrons. The van der Waals surface area contributed by atoms with Gasteiger partial charge >= 0.3 is 0 Å². The third kappa shape index (κ3) is 3.47. The van der Waals surface area contributed by atoms with Gasteiger partial charge in [0.15, 0.2) is 0 Å². The van der Waals surface area contributed by atoms with Gasteiger partial charge in [-0.2, -0.15) is 0 Å². The van der Waals surface area contributed by atoms with Crippen LogP contribution in [0.1, 0.15) is 12.0 Å². The molecule has 2 aliphatic rings. The van der Waals surface area contributed by atoms with E-state index in [0.717, 1.165) is 38.2 Å². The van der Waals surface area contributed by atoms with Gasteiger partial charge in [0.2, 0.25) is 5.91 Å². The Kier molecular flexibility index (Phi) is 4.45. The molecule has 1 spiro atoms. The monoisotopic (exact) mass is 306 g/mol. The molecule has 0 N–H and O–H groups in total. The summed E-state index contributed by atoms with van der Waals surface area (Å²) in [6.07, 6.45) is 1.32. The van der Waals surface area contributed by atoms with Gasteiger partial charge in [-0.25, -0.2) is 4.39 Å². The van der Waals surface area contributed by atoms with E-state index in [2.05, 4.69) is 11.9 Å². The fourth-order valence-corrected chi connectivity index (χ4v) is 3.54. The molecule has 1 aromatic carbocycles. The Hall–Kier alpha value is -1.46. The summed E-state index contributed by atoms with van der Waals surface area (Å²) < 4.78 is 19.0. The Bertz CT molecular complexity index is 551. The van der Waals surface area contributed by atoms with Gasteiger partial charge in [-0.15, -0.1) is 0 Å². The van der Waals surface area contributed by atoms with Crippen LogP contribution in [0.2, 0.25) is 0 Å². The highest BCUT2D eigenvalue weighted by Gasteiger charge is 2.40. The highest BCUT2D eigenvalue weighted by molar-refractivity contribution is 5.78. The molecule has 5 heteroatoms. The lowest BCUT2D eigenvalue weighted by Gasteiger charge is -2.31. The third-order valence-corrected chi connectivity index (χ3v) is 4.67.